The van der Waals surface area contributed by atoms with Crippen molar-refractivity contribution in [1.29, 1.82) is 0 Å². The van der Waals surface area contributed by atoms with Crippen molar-refractivity contribution >= 4 is 0 Å². The van der Waals surface area contributed by atoms with Gasteiger partial charge in [-0.3, -0.25) is 4.68 Å². The van der Waals surface area contributed by atoms with E-state index in [0.717, 1.165) is 12.1 Å². The van der Waals surface area contributed by atoms with Crippen molar-refractivity contribution in [2.45, 2.75) is 38.1 Å². The molecule has 1 fully saturated rings. The van der Waals surface area contributed by atoms with Crippen molar-refractivity contribution < 1.29 is 0 Å². The number of rotatable bonds is 3. The molecule has 3 nitrogen and oxygen atoms in total. The average molecular weight is 179 g/mol. The maximum atomic E-state index is 5.47. The number of hydrogen-bond donors (Lipinski definition) is 1. The first-order chi connectivity index (χ1) is 6.40. The summed E-state index contributed by atoms with van der Waals surface area (Å²) in [6.45, 7) is 0.696. The van der Waals surface area contributed by atoms with Crippen LogP contribution < -0.4 is 5.73 Å². The van der Waals surface area contributed by atoms with Gasteiger partial charge < -0.3 is 5.73 Å². The van der Waals surface area contributed by atoms with Gasteiger partial charge in [0.1, 0.15) is 0 Å². The van der Waals surface area contributed by atoms with Gasteiger partial charge in [-0.15, -0.1) is 0 Å². The molecule has 72 valence electrons. The minimum Gasteiger partial charge on any atom is -0.330 e. The molecule has 2 N–H and O–H groups in total. The van der Waals surface area contributed by atoms with E-state index in [1.807, 2.05) is 0 Å². The molecule has 1 aliphatic carbocycles. The monoisotopic (exact) mass is 179 g/mol. The second-order valence-corrected chi connectivity index (χ2v) is 3.76. The van der Waals surface area contributed by atoms with E-state index in [4.69, 9.17) is 5.73 Å². The first-order valence-corrected chi connectivity index (χ1v) is 5.14. The Kier molecular flexibility index (Phi) is 2.64. The second kappa shape index (κ2) is 3.92. The van der Waals surface area contributed by atoms with Crippen molar-refractivity contribution in [1.82, 2.24) is 9.78 Å². The third-order valence-electron chi connectivity index (χ3n) is 2.76. The normalized spacial score (nSPS) is 18.2. The molecule has 1 saturated carbocycles. The van der Waals surface area contributed by atoms with Crippen molar-refractivity contribution in [2.24, 2.45) is 5.73 Å². The molecule has 1 aromatic heterocycles. The Morgan fingerprint density at radius 3 is 2.92 bits per heavy atom. The summed E-state index contributed by atoms with van der Waals surface area (Å²) in [5, 5.41) is 4.52. The van der Waals surface area contributed by atoms with E-state index in [1.165, 1.54) is 25.7 Å². The van der Waals surface area contributed by atoms with Gasteiger partial charge in [0.15, 0.2) is 0 Å². The summed E-state index contributed by atoms with van der Waals surface area (Å²) in [5.41, 5.74) is 6.61. The van der Waals surface area contributed by atoms with E-state index in [0.29, 0.717) is 12.6 Å². The largest absolute Gasteiger partial charge is 0.330 e. The molecular weight excluding hydrogens is 162 g/mol. The molecule has 0 unspecified atom stereocenters. The molecule has 13 heavy (non-hydrogen) atoms. The highest BCUT2D eigenvalue weighted by atomic mass is 15.3. The van der Waals surface area contributed by atoms with Crippen LogP contribution in [0.2, 0.25) is 0 Å². The highest BCUT2D eigenvalue weighted by Crippen LogP contribution is 2.28. The van der Waals surface area contributed by atoms with Crippen LogP contribution in [0.4, 0.5) is 0 Å². The number of hydrogen-bond acceptors (Lipinski definition) is 2. The Bertz CT molecular complexity index is 261. The summed E-state index contributed by atoms with van der Waals surface area (Å²) in [5.74, 6) is 0. The molecule has 0 atom stereocenters. The Morgan fingerprint density at radius 1 is 1.46 bits per heavy atom. The quantitative estimate of drug-likeness (QED) is 0.764. The Balaban J connectivity index is 2.03. The smallest absolute Gasteiger partial charge is 0.0637 e. The van der Waals surface area contributed by atoms with Crippen LogP contribution in [-0.2, 0) is 6.42 Å². The van der Waals surface area contributed by atoms with Gasteiger partial charge in [0.05, 0.1) is 11.7 Å². The molecule has 1 aromatic rings. The fourth-order valence-corrected chi connectivity index (χ4v) is 2.03. The summed E-state index contributed by atoms with van der Waals surface area (Å²) in [6, 6.07) is 2.75. The van der Waals surface area contributed by atoms with Crippen LogP contribution in [0.15, 0.2) is 12.3 Å². The summed E-state index contributed by atoms with van der Waals surface area (Å²) in [4.78, 5) is 0. The zero-order chi connectivity index (χ0) is 9.10. The van der Waals surface area contributed by atoms with Gasteiger partial charge in [-0.05, 0) is 25.5 Å². The Hall–Kier alpha value is -0.830. The van der Waals surface area contributed by atoms with Crippen LogP contribution in [0.25, 0.3) is 0 Å². The zero-order valence-electron chi connectivity index (χ0n) is 7.95. The lowest BCUT2D eigenvalue weighted by Gasteiger charge is -2.08. The van der Waals surface area contributed by atoms with Gasteiger partial charge in [0.2, 0.25) is 0 Å². The topological polar surface area (TPSA) is 43.8 Å². The van der Waals surface area contributed by atoms with Crippen LogP contribution in [0.3, 0.4) is 0 Å². The molecule has 2 rings (SSSR count). The van der Waals surface area contributed by atoms with Crippen molar-refractivity contribution in [3.05, 3.63) is 18.0 Å². The Morgan fingerprint density at radius 2 is 2.23 bits per heavy atom. The van der Waals surface area contributed by atoms with Gasteiger partial charge in [-0.25, -0.2) is 0 Å². The molecule has 0 aromatic carbocycles. The molecule has 0 bridgehead atoms. The van der Waals surface area contributed by atoms with Crippen LogP contribution >= 0.6 is 0 Å². The van der Waals surface area contributed by atoms with Crippen LogP contribution in [0.1, 0.15) is 37.4 Å². The third kappa shape index (κ3) is 1.91. The Labute approximate surface area is 78.9 Å². The first-order valence-electron chi connectivity index (χ1n) is 5.14. The molecule has 1 heterocycles. The molecule has 0 spiro atoms. The van der Waals surface area contributed by atoms with Crippen molar-refractivity contribution in [3.63, 3.8) is 0 Å². The van der Waals surface area contributed by atoms with Gasteiger partial charge >= 0.3 is 0 Å². The van der Waals surface area contributed by atoms with Crippen LogP contribution in [0.5, 0.6) is 0 Å². The molecule has 1 aliphatic rings. The lowest BCUT2D eigenvalue weighted by Crippen LogP contribution is -2.07. The van der Waals surface area contributed by atoms with E-state index < -0.39 is 0 Å². The highest BCUT2D eigenvalue weighted by molar-refractivity contribution is 5.00. The predicted octanol–water partition coefficient (Wildman–Crippen LogP) is 1.50. The standard InChI is InChI=1S/C10H17N3/c11-7-5-9-6-8-13(12-9)10-3-1-2-4-10/h6,8,10H,1-5,7,11H2. The van der Waals surface area contributed by atoms with Gasteiger partial charge in [0, 0.05) is 12.6 Å². The lowest BCUT2D eigenvalue weighted by atomic mass is 10.3. The minimum absolute atomic E-state index is 0.659. The third-order valence-corrected chi connectivity index (χ3v) is 2.76. The zero-order valence-corrected chi connectivity index (χ0v) is 7.95. The fourth-order valence-electron chi connectivity index (χ4n) is 2.03. The number of nitrogens with two attached hydrogens (primary N) is 1. The van der Waals surface area contributed by atoms with E-state index in [1.54, 1.807) is 0 Å². The fraction of sp³-hybridized carbons (Fsp3) is 0.700. The average Bonchev–Trinajstić information content (AvgIpc) is 2.70. The maximum Gasteiger partial charge on any atom is 0.0637 e. The first kappa shape index (κ1) is 8.75. The summed E-state index contributed by atoms with van der Waals surface area (Å²) in [7, 11) is 0. The molecular formula is C10H17N3. The van der Waals surface area contributed by atoms with E-state index in [-0.39, 0.29) is 0 Å². The minimum atomic E-state index is 0.659. The predicted molar refractivity (Wildman–Crippen MR) is 52.5 cm³/mol. The summed E-state index contributed by atoms with van der Waals surface area (Å²) < 4.78 is 2.12. The van der Waals surface area contributed by atoms with Crippen molar-refractivity contribution in [3.8, 4) is 0 Å². The second-order valence-electron chi connectivity index (χ2n) is 3.76. The number of aromatic nitrogens is 2. The molecule has 0 amide bonds. The molecule has 3 heteroatoms. The van der Waals surface area contributed by atoms with Crippen molar-refractivity contribution in [2.75, 3.05) is 6.54 Å². The lowest BCUT2D eigenvalue weighted by molar-refractivity contribution is 0.463. The van der Waals surface area contributed by atoms with E-state index >= 15 is 0 Å². The summed E-state index contributed by atoms with van der Waals surface area (Å²) >= 11 is 0. The van der Waals surface area contributed by atoms with Crippen LogP contribution in [-0.4, -0.2) is 16.3 Å². The number of nitrogens with zero attached hydrogens (tertiary/aromatic N) is 2. The van der Waals surface area contributed by atoms with Gasteiger partial charge in [0.25, 0.3) is 0 Å². The van der Waals surface area contributed by atoms with Gasteiger partial charge in [-0.1, -0.05) is 12.8 Å². The summed E-state index contributed by atoms with van der Waals surface area (Å²) in [6.07, 6.45) is 8.31. The van der Waals surface area contributed by atoms with Crippen LogP contribution in [0, 0.1) is 0 Å². The van der Waals surface area contributed by atoms with E-state index in [9.17, 15) is 0 Å². The van der Waals surface area contributed by atoms with Gasteiger partial charge in [-0.2, -0.15) is 5.10 Å². The van der Waals surface area contributed by atoms with E-state index in [2.05, 4.69) is 22.0 Å². The SMILES string of the molecule is NCCc1ccn(C2CCCC2)n1. The molecule has 0 aliphatic heterocycles. The molecule has 0 saturated heterocycles. The highest BCUT2D eigenvalue weighted by Gasteiger charge is 2.17. The maximum absolute atomic E-state index is 5.47. The molecule has 0 radical (unpaired) electrons.